The Morgan fingerprint density at radius 3 is 2.25 bits per heavy atom. The van der Waals surface area contributed by atoms with E-state index in [2.05, 4.69) is 78.1 Å². The van der Waals surface area contributed by atoms with Crippen LogP contribution in [0.1, 0.15) is 159 Å². The summed E-state index contributed by atoms with van der Waals surface area (Å²) in [4.78, 5) is 0. The van der Waals surface area contributed by atoms with E-state index in [-0.39, 0.29) is 0 Å². The second-order valence-corrected chi connectivity index (χ2v) is 14.5. The molecule has 40 heavy (non-hydrogen) atoms. The van der Waals surface area contributed by atoms with Crippen LogP contribution in [0.2, 0.25) is 0 Å². The molecule has 0 spiro atoms. The Hall–Kier alpha value is -1.11. The monoisotopic (exact) mass is 551 g/mol. The van der Waals surface area contributed by atoms with Gasteiger partial charge in [0, 0.05) is 0 Å². The van der Waals surface area contributed by atoms with Gasteiger partial charge in [0.15, 0.2) is 12.4 Å². The molecule has 0 bridgehead atoms. The van der Waals surface area contributed by atoms with E-state index in [1.807, 2.05) is 19.4 Å². The van der Waals surface area contributed by atoms with Gasteiger partial charge in [0.1, 0.15) is 6.54 Å². The zero-order valence-corrected chi connectivity index (χ0v) is 28.5. The highest BCUT2D eigenvalue weighted by molar-refractivity contribution is 5.77. The number of hydrogen-bond donors (Lipinski definition) is 0. The van der Waals surface area contributed by atoms with Crippen molar-refractivity contribution >= 4 is 6.21 Å². The SMILES string of the molecule is C=C(CCC)C1CCC2C3CC=C4CC[C@](C)(CCC)CCC4(C)C3CCC12CC.CC.CCC1=C[N+](CC)=C1. The van der Waals surface area contributed by atoms with E-state index in [0.29, 0.717) is 16.2 Å². The van der Waals surface area contributed by atoms with Gasteiger partial charge in [-0.3, -0.25) is 0 Å². The fraction of sp³-hybridized carbons (Fsp3) is 0.821. The highest BCUT2D eigenvalue weighted by Gasteiger charge is 2.59. The minimum Gasteiger partial charge on any atom is -0.204 e. The van der Waals surface area contributed by atoms with Crippen LogP contribution >= 0.6 is 0 Å². The van der Waals surface area contributed by atoms with Crippen molar-refractivity contribution in [1.29, 1.82) is 0 Å². The van der Waals surface area contributed by atoms with Gasteiger partial charge in [-0.25, -0.2) is 4.58 Å². The summed E-state index contributed by atoms with van der Waals surface area (Å²) in [5.41, 5.74) is 6.60. The summed E-state index contributed by atoms with van der Waals surface area (Å²) in [6.07, 6.45) is 28.0. The predicted octanol–water partition coefficient (Wildman–Crippen LogP) is 11.9. The van der Waals surface area contributed by atoms with Crippen molar-refractivity contribution in [3.8, 4) is 0 Å². The zero-order chi connectivity index (χ0) is 29.6. The quantitative estimate of drug-likeness (QED) is 0.209. The smallest absolute Gasteiger partial charge is 0.177 e. The Bertz CT molecular complexity index is 911. The summed E-state index contributed by atoms with van der Waals surface area (Å²) in [7, 11) is 0. The van der Waals surface area contributed by atoms with E-state index >= 15 is 0 Å². The molecule has 228 valence electrons. The maximum atomic E-state index is 4.63. The lowest BCUT2D eigenvalue weighted by atomic mass is 9.47. The van der Waals surface area contributed by atoms with Gasteiger partial charge < -0.3 is 0 Å². The molecule has 0 amide bonds. The normalized spacial score (nSPS) is 37.8. The topological polar surface area (TPSA) is 3.01 Å². The molecule has 0 aromatic carbocycles. The third-order valence-corrected chi connectivity index (χ3v) is 12.6. The minimum absolute atomic E-state index is 0.493. The number of nitrogens with zero attached hydrogens (tertiary/aromatic N) is 1. The molecule has 0 saturated heterocycles. The van der Waals surface area contributed by atoms with Crippen LogP contribution in [0.25, 0.3) is 0 Å². The molecule has 0 N–H and O–H groups in total. The first-order valence-electron chi connectivity index (χ1n) is 17.9. The standard InChI is InChI=1S/C30H50.C7H12N.C2H6/c1-7-10-22(4)25-13-14-27-24-12-11-23-15-18-28(5,17-8-2)20-21-29(23,6)26(24)16-19-30(25,27)9-3;1-3-7-5-8(4-2)6-7;1-2/h11,24-27H,4,7-10,12-21H2,1-3,5-6H3;5-6H,3-4H2,1-2H3;1-2H3/q;+1;/t24?,25?,26?,27?,28-,29?,30?;;/m0../s1. The van der Waals surface area contributed by atoms with Gasteiger partial charge in [-0.2, -0.15) is 0 Å². The average molecular weight is 551 g/mol. The third kappa shape index (κ3) is 6.44. The second kappa shape index (κ2) is 14.4. The molecule has 4 aliphatic carbocycles. The van der Waals surface area contributed by atoms with E-state index in [1.54, 1.807) is 5.57 Å². The molecule has 5 rings (SSSR count). The zero-order valence-electron chi connectivity index (χ0n) is 28.5. The molecule has 0 aromatic rings. The lowest BCUT2D eigenvalue weighted by molar-refractivity contribution is -0.459. The van der Waals surface area contributed by atoms with Crippen LogP contribution in [0, 0.1) is 39.9 Å². The van der Waals surface area contributed by atoms with Gasteiger partial charge in [0.05, 0.1) is 5.57 Å². The molecule has 7 atom stereocenters. The molecule has 3 fully saturated rings. The Kier molecular flexibility index (Phi) is 12.0. The minimum atomic E-state index is 0.493. The van der Waals surface area contributed by atoms with Crippen molar-refractivity contribution in [3.63, 3.8) is 0 Å². The van der Waals surface area contributed by atoms with Crippen molar-refractivity contribution in [1.82, 2.24) is 0 Å². The fourth-order valence-corrected chi connectivity index (χ4v) is 10.2. The summed E-state index contributed by atoms with van der Waals surface area (Å²) in [5, 5.41) is 0. The molecule has 1 aliphatic heterocycles. The lowest BCUT2D eigenvalue weighted by Gasteiger charge is -2.57. The summed E-state index contributed by atoms with van der Waals surface area (Å²) in [5.74, 6) is 3.67. The first-order valence-corrected chi connectivity index (χ1v) is 17.9. The molecule has 5 aliphatic rings. The molecular formula is C39H68N+. The van der Waals surface area contributed by atoms with E-state index in [4.69, 9.17) is 0 Å². The van der Waals surface area contributed by atoms with Crippen LogP contribution < -0.4 is 0 Å². The maximum absolute atomic E-state index is 4.63. The molecule has 6 unspecified atom stereocenters. The molecule has 3 saturated carbocycles. The van der Waals surface area contributed by atoms with Gasteiger partial charge in [-0.05, 0) is 130 Å². The Balaban J connectivity index is 0.000000376. The van der Waals surface area contributed by atoms with Crippen molar-refractivity contribution in [2.24, 2.45) is 39.9 Å². The predicted molar refractivity (Wildman–Crippen MR) is 178 cm³/mol. The Morgan fingerprint density at radius 1 is 0.925 bits per heavy atom. The summed E-state index contributed by atoms with van der Waals surface area (Å²) < 4.78 is 2.19. The van der Waals surface area contributed by atoms with E-state index < -0.39 is 0 Å². The van der Waals surface area contributed by atoms with Crippen molar-refractivity contribution < 1.29 is 4.58 Å². The van der Waals surface area contributed by atoms with Crippen LogP contribution in [0.4, 0.5) is 0 Å². The van der Waals surface area contributed by atoms with Crippen molar-refractivity contribution in [3.05, 3.63) is 35.6 Å². The summed E-state index contributed by atoms with van der Waals surface area (Å²) in [6, 6.07) is 0. The Morgan fingerprint density at radius 2 is 1.65 bits per heavy atom. The van der Waals surface area contributed by atoms with Gasteiger partial charge in [0.2, 0.25) is 0 Å². The third-order valence-electron chi connectivity index (χ3n) is 12.6. The molecule has 1 heteroatoms. The number of fused-ring (bicyclic) bond motifs is 5. The van der Waals surface area contributed by atoms with E-state index in [9.17, 15) is 0 Å². The molecule has 1 nitrogen and oxygen atoms in total. The van der Waals surface area contributed by atoms with Gasteiger partial charge in [0.25, 0.3) is 0 Å². The van der Waals surface area contributed by atoms with Crippen LogP contribution in [0.5, 0.6) is 0 Å². The van der Waals surface area contributed by atoms with E-state index in [1.165, 1.54) is 102 Å². The van der Waals surface area contributed by atoms with Gasteiger partial charge in [-0.15, -0.1) is 0 Å². The van der Waals surface area contributed by atoms with Crippen LogP contribution in [-0.4, -0.2) is 17.3 Å². The molecule has 0 radical (unpaired) electrons. The van der Waals surface area contributed by atoms with Crippen LogP contribution in [0.15, 0.2) is 35.6 Å². The Labute approximate surface area is 251 Å². The van der Waals surface area contributed by atoms with Gasteiger partial charge >= 0.3 is 0 Å². The van der Waals surface area contributed by atoms with Crippen LogP contribution in [0.3, 0.4) is 0 Å². The first kappa shape index (κ1) is 33.4. The molecule has 1 heterocycles. The number of hydrogen-bond acceptors (Lipinski definition) is 0. The molecular weight excluding hydrogens is 482 g/mol. The van der Waals surface area contributed by atoms with Crippen LogP contribution in [-0.2, 0) is 0 Å². The summed E-state index contributed by atoms with van der Waals surface area (Å²) in [6.45, 7) is 26.6. The maximum Gasteiger partial charge on any atom is 0.177 e. The molecule has 0 aromatic heterocycles. The lowest BCUT2D eigenvalue weighted by Crippen LogP contribution is -2.49. The van der Waals surface area contributed by atoms with Crippen molar-refractivity contribution in [2.45, 2.75) is 159 Å². The second-order valence-electron chi connectivity index (χ2n) is 14.5. The van der Waals surface area contributed by atoms with E-state index in [0.717, 1.165) is 30.2 Å². The fourth-order valence-electron chi connectivity index (χ4n) is 10.2. The highest BCUT2D eigenvalue weighted by Crippen LogP contribution is 2.68. The first-order chi connectivity index (χ1) is 19.2. The highest BCUT2D eigenvalue weighted by atomic mass is 15.0. The largest absolute Gasteiger partial charge is 0.204 e. The van der Waals surface area contributed by atoms with Crippen molar-refractivity contribution in [2.75, 3.05) is 6.54 Å². The number of allylic oxidation sites excluding steroid dienone is 4. The number of rotatable bonds is 8. The van der Waals surface area contributed by atoms with Gasteiger partial charge in [-0.1, -0.05) is 92.0 Å². The summed E-state index contributed by atoms with van der Waals surface area (Å²) >= 11 is 0. The average Bonchev–Trinajstić information content (AvgIpc) is 3.27.